The number of para-hydroxylation sites is 3. The van der Waals surface area contributed by atoms with Crippen molar-refractivity contribution < 1.29 is 0 Å². The van der Waals surface area contributed by atoms with Crippen molar-refractivity contribution in [2.45, 2.75) is 10.6 Å². The molecule has 0 atom stereocenters. The number of hydrogen-bond acceptors (Lipinski definition) is 2. The lowest BCUT2D eigenvalue weighted by Crippen LogP contribution is -2.74. The van der Waals surface area contributed by atoms with Gasteiger partial charge < -0.3 is 4.57 Å². The molecule has 0 aliphatic carbocycles. The van der Waals surface area contributed by atoms with E-state index in [2.05, 4.69) is 185 Å². The maximum atomic E-state index is 4.94. The number of benzene rings is 7. The molecule has 49 heavy (non-hydrogen) atoms. The number of hydrogen-bond donors (Lipinski definition) is 0. The van der Waals surface area contributed by atoms with Crippen molar-refractivity contribution in [2.24, 2.45) is 0 Å². The third-order valence-electron chi connectivity index (χ3n) is 10.2. The van der Waals surface area contributed by atoms with Crippen molar-refractivity contribution in [3.63, 3.8) is 0 Å². The van der Waals surface area contributed by atoms with Gasteiger partial charge in [0.25, 0.3) is 0 Å². The largest absolute Gasteiger partial charge is 0.309 e. The van der Waals surface area contributed by atoms with E-state index in [4.69, 9.17) is 4.98 Å². The highest BCUT2D eigenvalue weighted by Crippen LogP contribution is 2.40. The molecule has 0 fully saturated rings. The fourth-order valence-electron chi connectivity index (χ4n) is 8.07. The third kappa shape index (κ3) is 4.26. The lowest BCUT2D eigenvalue weighted by molar-refractivity contribution is 0.941. The zero-order chi connectivity index (χ0) is 32.4. The maximum Gasteiger partial charge on any atom is 0.179 e. The van der Waals surface area contributed by atoms with Crippen molar-refractivity contribution in [2.75, 3.05) is 0 Å². The van der Waals surface area contributed by atoms with Crippen LogP contribution < -0.4 is 20.7 Å². The van der Waals surface area contributed by atoms with Crippen LogP contribution in [0.3, 0.4) is 0 Å². The summed E-state index contributed by atoms with van der Waals surface area (Å²) in [4.78, 5) is 6.22. The molecule has 5 heteroatoms. The highest BCUT2D eigenvalue weighted by atomic mass is 32.2. The van der Waals surface area contributed by atoms with Crippen LogP contribution in [0.1, 0.15) is 5.82 Å². The molecule has 0 bridgehead atoms. The van der Waals surface area contributed by atoms with Gasteiger partial charge >= 0.3 is 0 Å². The van der Waals surface area contributed by atoms with E-state index in [1.807, 2.05) is 11.8 Å². The first-order chi connectivity index (χ1) is 24.3. The van der Waals surface area contributed by atoms with Crippen LogP contribution in [0.4, 0.5) is 0 Å². The van der Waals surface area contributed by atoms with Gasteiger partial charge in [-0.15, -0.1) is 11.8 Å². The minimum atomic E-state index is -2.66. The van der Waals surface area contributed by atoms with E-state index >= 15 is 0 Å². The number of fused-ring (bicyclic) bond motifs is 8. The monoisotopic (exact) mass is 661 g/mol. The Morgan fingerprint density at radius 2 is 1.06 bits per heavy atom. The van der Waals surface area contributed by atoms with E-state index in [1.165, 1.54) is 64.3 Å². The molecule has 232 valence electrons. The van der Waals surface area contributed by atoms with Crippen molar-refractivity contribution in [1.82, 2.24) is 14.1 Å². The summed E-state index contributed by atoms with van der Waals surface area (Å²) in [6, 6.07) is 65.1. The first kappa shape index (κ1) is 28.4. The van der Waals surface area contributed by atoms with Gasteiger partial charge in [-0.3, -0.25) is 4.57 Å². The fourth-order valence-corrected chi connectivity index (χ4v) is 13.8. The Bertz CT molecular complexity index is 2560. The highest BCUT2D eigenvalue weighted by Gasteiger charge is 2.41. The molecule has 0 unspecified atom stereocenters. The van der Waals surface area contributed by atoms with Gasteiger partial charge in [0, 0.05) is 21.4 Å². The molecular weight excluding hydrogens is 631 g/mol. The third-order valence-corrected chi connectivity index (χ3v) is 16.0. The Morgan fingerprint density at radius 1 is 0.469 bits per heavy atom. The topological polar surface area (TPSA) is 22.8 Å². The number of aromatic nitrogens is 3. The minimum absolute atomic E-state index is 0.854. The minimum Gasteiger partial charge on any atom is -0.309 e. The van der Waals surface area contributed by atoms with Gasteiger partial charge in [0.1, 0.15) is 5.82 Å². The molecule has 7 aromatic carbocycles. The summed E-state index contributed by atoms with van der Waals surface area (Å²) in [5.41, 5.74) is 7.03. The van der Waals surface area contributed by atoms with E-state index in [0.717, 1.165) is 17.1 Å². The van der Waals surface area contributed by atoms with Crippen LogP contribution >= 0.6 is 11.8 Å². The van der Waals surface area contributed by atoms with Gasteiger partial charge in [-0.2, -0.15) is 0 Å². The molecule has 0 N–H and O–H groups in total. The second-order valence-electron chi connectivity index (χ2n) is 12.7. The zero-order valence-electron chi connectivity index (χ0n) is 26.7. The molecule has 0 saturated carbocycles. The predicted octanol–water partition coefficient (Wildman–Crippen LogP) is 8.11. The summed E-state index contributed by atoms with van der Waals surface area (Å²) < 4.78 is 4.79. The van der Waals surface area contributed by atoms with Crippen molar-refractivity contribution in [3.8, 4) is 11.4 Å². The summed E-state index contributed by atoms with van der Waals surface area (Å²) in [5, 5.41) is 8.08. The van der Waals surface area contributed by atoms with Crippen LogP contribution in [-0.2, 0) is 5.75 Å². The van der Waals surface area contributed by atoms with E-state index in [9.17, 15) is 0 Å². The summed E-state index contributed by atoms with van der Waals surface area (Å²) in [7, 11) is -2.66. The van der Waals surface area contributed by atoms with Gasteiger partial charge in [0.2, 0.25) is 0 Å². The van der Waals surface area contributed by atoms with Gasteiger partial charge in [-0.1, -0.05) is 133 Å². The summed E-state index contributed by atoms with van der Waals surface area (Å²) in [6.07, 6.45) is 0. The lowest BCUT2D eigenvalue weighted by atomic mass is 10.1. The summed E-state index contributed by atoms with van der Waals surface area (Å²) in [6.45, 7) is 0. The molecule has 9 aromatic rings. The van der Waals surface area contributed by atoms with Crippen LogP contribution in [0.2, 0.25) is 0 Å². The van der Waals surface area contributed by atoms with Crippen molar-refractivity contribution in [3.05, 3.63) is 182 Å². The zero-order valence-corrected chi connectivity index (χ0v) is 28.5. The Hall–Kier alpha value is -5.62. The van der Waals surface area contributed by atoms with Crippen molar-refractivity contribution >= 4 is 73.4 Å². The maximum absolute atomic E-state index is 4.94. The number of imidazole rings is 1. The fraction of sp³-hybridized carbons (Fsp3) is 0.0227. The van der Waals surface area contributed by atoms with E-state index in [-0.39, 0.29) is 0 Å². The SMILES string of the molecule is c1ccc([Si](c2ccccc2)(c2ccccc2)c2ccc3c(c2)c2ccccc2n3-c2ccc3c(c2)SCc2nc4ccccc4n2-3)cc1. The molecule has 10 rings (SSSR count). The standard InChI is InChI=1S/C44H31N3SSi/c1-4-14-32(15-5-1)49(33-16-6-2-7-17-33,34-18-8-3-9-19-34)35-25-27-40-37(29-35)36-20-10-12-22-39(36)46(40)31-24-26-42-43(28-31)48-30-44-45-38-21-11-13-23-41(38)47(42)44/h1-29H,30H2. The average molecular weight is 662 g/mol. The summed E-state index contributed by atoms with van der Waals surface area (Å²) in [5.74, 6) is 1.96. The summed E-state index contributed by atoms with van der Waals surface area (Å²) >= 11 is 1.88. The van der Waals surface area contributed by atoms with E-state index in [0.29, 0.717) is 0 Å². The van der Waals surface area contributed by atoms with Gasteiger partial charge in [0.05, 0.1) is 33.5 Å². The van der Waals surface area contributed by atoms with Gasteiger partial charge in [-0.05, 0) is 63.2 Å². The quantitative estimate of drug-likeness (QED) is 0.137. The normalized spacial score (nSPS) is 12.7. The second kappa shape index (κ2) is 11.2. The van der Waals surface area contributed by atoms with Crippen LogP contribution in [0.25, 0.3) is 44.2 Å². The first-order valence-corrected chi connectivity index (χ1v) is 19.7. The van der Waals surface area contributed by atoms with Crippen LogP contribution in [0, 0.1) is 0 Å². The van der Waals surface area contributed by atoms with Crippen molar-refractivity contribution in [1.29, 1.82) is 0 Å². The molecule has 3 heterocycles. The molecular formula is C44H31N3SSi. The Kier molecular flexibility index (Phi) is 6.51. The predicted molar refractivity (Wildman–Crippen MR) is 209 cm³/mol. The lowest BCUT2D eigenvalue weighted by Gasteiger charge is -2.34. The molecule has 0 saturated heterocycles. The van der Waals surface area contributed by atoms with Crippen LogP contribution in [0.5, 0.6) is 0 Å². The first-order valence-electron chi connectivity index (χ1n) is 16.7. The smallest absolute Gasteiger partial charge is 0.179 e. The molecule has 0 spiro atoms. The Labute approximate surface area is 290 Å². The van der Waals surface area contributed by atoms with Gasteiger partial charge in [0.15, 0.2) is 8.07 Å². The number of thioether (sulfide) groups is 1. The molecule has 0 radical (unpaired) electrons. The van der Waals surface area contributed by atoms with E-state index < -0.39 is 8.07 Å². The van der Waals surface area contributed by atoms with Crippen LogP contribution in [-0.4, -0.2) is 22.2 Å². The average Bonchev–Trinajstić information content (AvgIpc) is 3.72. The van der Waals surface area contributed by atoms with E-state index in [1.54, 1.807) is 0 Å². The molecule has 3 nitrogen and oxygen atoms in total. The molecule has 1 aliphatic heterocycles. The molecule has 0 amide bonds. The Balaban J connectivity index is 1.22. The Morgan fingerprint density at radius 3 is 1.76 bits per heavy atom. The highest BCUT2D eigenvalue weighted by molar-refractivity contribution is 7.98. The van der Waals surface area contributed by atoms with Gasteiger partial charge in [-0.25, -0.2) is 4.98 Å². The second-order valence-corrected chi connectivity index (χ2v) is 17.6. The molecule has 1 aliphatic rings. The van der Waals surface area contributed by atoms with Crippen LogP contribution in [0.15, 0.2) is 181 Å². The number of nitrogens with zero attached hydrogens (tertiary/aromatic N) is 3. The number of rotatable bonds is 5. The molecule has 2 aromatic heterocycles.